The molecule has 3 aromatic heterocycles. The van der Waals surface area contributed by atoms with Crippen LogP contribution in [0.3, 0.4) is 0 Å². The molecule has 0 atom stereocenters. The highest BCUT2D eigenvalue weighted by Crippen LogP contribution is 2.29. The first-order chi connectivity index (χ1) is 15.2. The molecule has 148 valence electrons. The standard InChI is InChI=1S/C26H18N4S/c31-24-3-1-2-16(10-24)25-14-23-13-21-7-6-19(28-21)11-17-4-5-18(27-17)12-20-8-9-22(29-20)15-26(25)30-23/h1-15,27,30-31H. The second kappa shape index (κ2) is 7.15. The molecular formula is C26H18N4S. The third kappa shape index (κ3) is 3.60. The van der Waals surface area contributed by atoms with Crippen molar-refractivity contribution in [1.29, 1.82) is 0 Å². The Morgan fingerprint density at radius 2 is 1.19 bits per heavy atom. The highest BCUT2D eigenvalue weighted by molar-refractivity contribution is 7.80. The topological polar surface area (TPSA) is 57.4 Å². The van der Waals surface area contributed by atoms with Crippen LogP contribution in [0.4, 0.5) is 0 Å². The number of hydrogen-bond acceptors (Lipinski definition) is 3. The van der Waals surface area contributed by atoms with Crippen LogP contribution in [-0.4, -0.2) is 19.9 Å². The molecule has 0 amide bonds. The van der Waals surface area contributed by atoms with Crippen LogP contribution in [-0.2, 0) is 0 Å². The molecule has 0 saturated carbocycles. The van der Waals surface area contributed by atoms with E-state index in [9.17, 15) is 0 Å². The molecule has 4 aromatic rings. The van der Waals surface area contributed by atoms with Crippen LogP contribution in [0.25, 0.3) is 57.5 Å². The number of nitrogens with one attached hydrogen (secondary N) is 2. The molecule has 2 N–H and O–H groups in total. The molecule has 0 unspecified atom stereocenters. The van der Waals surface area contributed by atoms with E-state index >= 15 is 0 Å². The molecule has 5 heteroatoms. The van der Waals surface area contributed by atoms with Crippen LogP contribution in [0.5, 0.6) is 0 Å². The minimum Gasteiger partial charge on any atom is -0.355 e. The van der Waals surface area contributed by atoms with E-state index in [1.54, 1.807) is 0 Å². The van der Waals surface area contributed by atoms with Gasteiger partial charge < -0.3 is 9.97 Å². The second-order valence-corrected chi connectivity index (χ2v) is 8.15. The van der Waals surface area contributed by atoms with E-state index in [1.165, 1.54) is 0 Å². The van der Waals surface area contributed by atoms with Crippen LogP contribution in [0.2, 0.25) is 0 Å². The van der Waals surface area contributed by atoms with Crippen molar-refractivity contribution in [3.63, 3.8) is 0 Å². The molecule has 31 heavy (non-hydrogen) atoms. The molecular weight excluding hydrogens is 400 g/mol. The molecule has 6 rings (SSSR count). The first kappa shape index (κ1) is 18.0. The molecule has 2 aliphatic rings. The first-order valence-electron chi connectivity index (χ1n) is 10.1. The number of aromatic nitrogens is 4. The largest absolute Gasteiger partial charge is 0.355 e. The Hall–Kier alpha value is -3.83. The Kier molecular flexibility index (Phi) is 4.14. The Morgan fingerprint density at radius 3 is 1.84 bits per heavy atom. The van der Waals surface area contributed by atoms with Crippen molar-refractivity contribution >= 4 is 59.0 Å². The summed E-state index contributed by atoms with van der Waals surface area (Å²) in [4.78, 5) is 17.4. The number of fused-ring (bicyclic) bond motifs is 8. The zero-order valence-corrected chi connectivity index (χ0v) is 17.4. The third-order valence-corrected chi connectivity index (χ3v) is 5.60. The minimum atomic E-state index is 0.905. The molecule has 1 aromatic carbocycles. The zero-order chi connectivity index (χ0) is 20.8. The predicted molar refractivity (Wildman–Crippen MR) is 132 cm³/mol. The molecule has 5 heterocycles. The summed E-state index contributed by atoms with van der Waals surface area (Å²) in [6, 6.07) is 22.7. The van der Waals surface area contributed by atoms with Gasteiger partial charge in [-0.2, -0.15) is 0 Å². The Morgan fingerprint density at radius 1 is 0.581 bits per heavy atom. The number of benzene rings is 1. The summed E-state index contributed by atoms with van der Waals surface area (Å²) in [5.74, 6) is 0. The van der Waals surface area contributed by atoms with Gasteiger partial charge >= 0.3 is 0 Å². The lowest BCUT2D eigenvalue weighted by atomic mass is 10.1. The fourth-order valence-electron chi connectivity index (χ4n) is 3.93. The van der Waals surface area contributed by atoms with E-state index < -0.39 is 0 Å². The second-order valence-electron chi connectivity index (χ2n) is 7.64. The lowest BCUT2D eigenvalue weighted by Gasteiger charge is -2.00. The summed E-state index contributed by atoms with van der Waals surface area (Å²) in [6.07, 6.45) is 8.12. The number of thiol groups is 1. The fraction of sp³-hybridized carbons (Fsp3) is 0. The average Bonchev–Trinajstić information content (AvgIpc) is 3.53. The number of aromatic amines is 2. The molecule has 0 spiro atoms. The van der Waals surface area contributed by atoms with Crippen molar-refractivity contribution in [3.8, 4) is 11.1 Å². The smallest absolute Gasteiger partial charge is 0.0658 e. The maximum Gasteiger partial charge on any atom is 0.0658 e. The monoisotopic (exact) mass is 418 g/mol. The van der Waals surface area contributed by atoms with Gasteiger partial charge in [-0.3, -0.25) is 0 Å². The van der Waals surface area contributed by atoms with Crippen molar-refractivity contribution in [1.82, 2.24) is 19.9 Å². The molecule has 8 bridgehead atoms. The summed E-state index contributed by atoms with van der Waals surface area (Å²) in [6.45, 7) is 0. The SMILES string of the molecule is Sc1cccc(-c2cc3cc4nc(cc5ccc(cc6nc(cc2[nH]3)C=C6)[nH]5)C=C4)c1. The van der Waals surface area contributed by atoms with E-state index in [-0.39, 0.29) is 0 Å². The van der Waals surface area contributed by atoms with Crippen molar-refractivity contribution < 1.29 is 0 Å². The molecule has 0 radical (unpaired) electrons. The molecule has 0 saturated heterocycles. The van der Waals surface area contributed by atoms with Gasteiger partial charge in [-0.25, -0.2) is 9.97 Å². The van der Waals surface area contributed by atoms with Crippen LogP contribution in [0, 0.1) is 0 Å². The van der Waals surface area contributed by atoms with E-state index in [2.05, 4.69) is 65.1 Å². The Labute approximate surface area is 184 Å². The molecule has 4 nitrogen and oxygen atoms in total. The van der Waals surface area contributed by atoms with Gasteiger partial charge in [0.2, 0.25) is 0 Å². The van der Waals surface area contributed by atoms with Gasteiger partial charge in [-0.15, -0.1) is 12.6 Å². The first-order valence-corrected chi connectivity index (χ1v) is 10.5. The number of nitrogens with zero attached hydrogens (tertiary/aromatic N) is 2. The van der Waals surface area contributed by atoms with Gasteiger partial charge in [0.15, 0.2) is 0 Å². The van der Waals surface area contributed by atoms with Gasteiger partial charge in [0.1, 0.15) is 0 Å². The van der Waals surface area contributed by atoms with Crippen molar-refractivity contribution in [2.24, 2.45) is 0 Å². The summed E-state index contributed by atoms with van der Waals surface area (Å²) >= 11 is 4.52. The Bertz CT molecular complexity index is 1550. The van der Waals surface area contributed by atoms with Gasteiger partial charge in [-0.05, 0) is 84.5 Å². The van der Waals surface area contributed by atoms with Gasteiger partial charge in [0.05, 0.1) is 22.8 Å². The van der Waals surface area contributed by atoms with E-state index in [4.69, 9.17) is 9.97 Å². The average molecular weight is 419 g/mol. The van der Waals surface area contributed by atoms with Crippen molar-refractivity contribution in [2.75, 3.05) is 0 Å². The highest BCUT2D eigenvalue weighted by atomic mass is 32.1. The minimum absolute atomic E-state index is 0.905. The van der Waals surface area contributed by atoms with Gasteiger partial charge in [0.25, 0.3) is 0 Å². The number of H-pyrrole nitrogens is 2. The maximum absolute atomic E-state index is 4.77. The van der Waals surface area contributed by atoms with E-state index in [1.807, 2.05) is 48.6 Å². The number of rotatable bonds is 1. The summed E-state index contributed by atoms with van der Waals surface area (Å²) in [7, 11) is 0. The summed E-state index contributed by atoms with van der Waals surface area (Å²) < 4.78 is 0. The Balaban J connectivity index is 1.68. The number of hydrogen-bond donors (Lipinski definition) is 3. The predicted octanol–water partition coefficient (Wildman–Crippen LogP) is 6.61. The van der Waals surface area contributed by atoms with Crippen LogP contribution < -0.4 is 0 Å². The van der Waals surface area contributed by atoms with Crippen LogP contribution in [0.1, 0.15) is 22.8 Å². The lowest BCUT2D eigenvalue weighted by Crippen LogP contribution is -1.78. The molecule has 2 aliphatic heterocycles. The lowest BCUT2D eigenvalue weighted by molar-refractivity contribution is 1.31. The zero-order valence-electron chi connectivity index (χ0n) is 16.5. The van der Waals surface area contributed by atoms with Gasteiger partial charge in [0, 0.05) is 32.5 Å². The van der Waals surface area contributed by atoms with E-state index in [0.717, 1.165) is 60.9 Å². The van der Waals surface area contributed by atoms with Crippen molar-refractivity contribution in [3.05, 3.63) is 89.5 Å². The summed E-state index contributed by atoms with van der Waals surface area (Å²) in [5.41, 5.74) is 9.87. The molecule has 0 aliphatic carbocycles. The molecule has 0 fully saturated rings. The fourth-order valence-corrected chi connectivity index (χ4v) is 4.16. The van der Waals surface area contributed by atoms with Crippen LogP contribution >= 0.6 is 12.6 Å². The highest BCUT2D eigenvalue weighted by Gasteiger charge is 2.07. The summed E-state index contributed by atoms with van der Waals surface area (Å²) in [5, 5.41) is 0. The van der Waals surface area contributed by atoms with Crippen molar-refractivity contribution in [2.45, 2.75) is 4.90 Å². The third-order valence-electron chi connectivity index (χ3n) is 5.33. The van der Waals surface area contributed by atoms with E-state index in [0.29, 0.717) is 0 Å². The van der Waals surface area contributed by atoms with Crippen LogP contribution in [0.15, 0.2) is 71.6 Å². The quantitative estimate of drug-likeness (QED) is 0.263. The van der Waals surface area contributed by atoms with Gasteiger partial charge in [-0.1, -0.05) is 12.1 Å². The maximum atomic E-state index is 4.77. The normalized spacial score (nSPS) is 12.4.